The van der Waals surface area contributed by atoms with Gasteiger partial charge in [0.2, 0.25) is 0 Å². The van der Waals surface area contributed by atoms with Crippen LogP contribution in [0.4, 0.5) is 5.82 Å². The molecule has 3 rings (SSSR count). The van der Waals surface area contributed by atoms with E-state index in [1.807, 2.05) is 72.8 Å². The fourth-order valence-corrected chi connectivity index (χ4v) is 2.43. The predicted molar refractivity (Wildman–Crippen MR) is 94.4 cm³/mol. The minimum Gasteiger partial charge on any atom is -0.348 e. The minimum absolute atomic E-state index is 0.105. The van der Waals surface area contributed by atoms with Gasteiger partial charge in [0.25, 0.3) is 11.7 Å². The lowest BCUT2D eigenvalue weighted by Crippen LogP contribution is -2.26. The molecule has 0 aliphatic carbocycles. The molecule has 0 unspecified atom stereocenters. The van der Waals surface area contributed by atoms with Crippen molar-refractivity contribution in [3.63, 3.8) is 0 Å². The first-order chi connectivity index (χ1) is 11.8. The van der Waals surface area contributed by atoms with Gasteiger partial charge in [0.1, 0.15) is 12.1 Å². The van der Waals surface area contributed by atoms with Crippen LogP contribution in [0, 0.1) is 0 Å². The van der Waals surface area contributed by atoms with Gasteiger partial charge < -0.3 is 5.32 Å². The van der Waals surface area contributed by atoms with Gasteiger partial charge in [-0.1, -0.05) is 60.7 Å². The molecule has 0 saturated carbocycles. The van der Waals surface area contributed by atoms with Gasteiger partial charge in [-0.3, -0.25) is 10.1 Å². The number of aromatic nitrogens is 1. The third-order valence-electron chi connectivity index (χ3n) is 3.71. The molecule has 3 N–H and O–H groups in total. The molecule has 24 heavy (non-hydrogen) atoms. The Morgan fingerprint density at radius 2 is 1.42 bits per heavy atom. The monoisotopic (exact) mass is 318 g/mol. The van der Waals surface area contributed by atoms with E-state index in [1.54, 1.807) is 6.20 Å². The maximum Gasteiger partial charge on any atom is 0.285 e. The summed E-state index contributed by atoms with van der Waals surface area (Å²) in [6, 6.07) is 23.6. The number of H-pyrrole nitrogens is 1. The van der Waals surface area contributed by atoms with E-state index in [0.29, 0.717) is 24.5 Å². The van der Waals surface area contributed by atoms with E-state index in [1.165, 1.54) is 0 Å². The molecule has 0 atom stereocenters. The number of hydrogen-bond acceptors (Lipinski definition) is 2. The van der Waals surface area contributed by atoms with E-state index in [0.717, 1.165) is 11.1 Å². The second-order valence-corrected chi connectivity index (χ2v) is 5.47. The number of rotatable bonds is 6. The number of benzene rings is 2. The molecule has 0 aliphatic heterocycles. The molecule has 0 radical (unpaired) electrons. The maximum absolute atomic E-state index is 12.5. The molecule has 1 amide bonds. The molecule has 120 valence electrons. The van der Waals surface area contributed by atoms with Crippen LogP contribution in [0.2, 0.25) is 0 Å². The van der Waals surface area contributed by atoms with Gasteiger partial charge in [-0.15, -0.1) is 0 Å². The first kappa shape index (κ1) is 15.7. The molecule has 0 saturated heterocycles. The first-order valence-electron chi connectivity index (χ1n) is 7.93. The van der Waals surface area contributed by atoms with Crippen LogP contribution in [-0.4, -0.2) is 5.91 Å². The lowest BCUT2D eigenvalue weighted by atomic mass is 10.2. The fraction of sp³-hybridized carbons (Fsp3) is 0.100. The summed E-state index contributed by atoms with van der Waals surface area (Å²) in [5.41, 5.74) is 2.83. The largest absolute Gasteiger partial charge is 0.348 e. The van der Waals surface area contributed by atoms with Crippen molar-refractivity contribution in [2.75, 3.05) is 5.32 Å². The third-order valence-corrected chi connectivity index (χ3v) is 3.71. The summed E-state index contributed by atoms with van der Waals surface area (Å²) in [6.45, 7) is 1.16. The summed E-state index contributed by atoms with van der Waals surface area (Å²) in [6.07, 6.45) is 1.81. The van der Waals surface area contributed by atoms with Crippen molar-refractivity contribution >= 4 is 11.7 Å². The zero-order valence-corrected chi connectivity index (χ0v) is 13.3. The van der Waals surface area contributed by atoms with Gasteiger partial charge in [0.05, 0.1) is 6.20 Å². The van der Waals surface area contributed by atoms with Gasteiger partial charge in [-0.05, 0) is 23.3 Å². The van der Waals surface area contributed by atoms with Crippen molar-refractivity contribution in [1.29, 1.82) is 0 Å². The van der Waals surface area contributed by atoms with Crippen molar-refractivity contribution in [3.05, 3.63) is 95.7 Å². The molecular formula is C20H20N3O+. The number of amides is 1. The Kier molecular flexibility index (Phi) is 5.20. The topological polar surface area (TPSA) is 55.3 Å². The highest BCUT2D eigenvalue weighted by molar-refractivity contribution is 5.97. The predicted octanol–water partition coefficient (Wildman–Crippen LogP) is 3.04. The summed E-state index contributed by atoms with van der Waals surface area (Å²) >= 11 is 0. The number of aromatic amines is 1. The summed E-state index contributed by atoms with van der Waals surface area (Å²) in [5.74, 6) is 0.609. The fourth-order valence-electron chi connectivity index (χ4n) is 2.43. The van der Waals surface area contributed by atoms with E-state index in [9.17, 15) is 4.79 Å². The quantitative estimate of drug-likeness (QED) is 0.734. The molecule has 0 spiro atoms. The first-order valence-corrected chi connectivity index (χ1v) is 7.93. The van der Waals surface area contributed by atoms with Crippen LogP contribution in [0.3, 0.4) is 0 Å². The van der Waals surface area contributed by atoms with E-state index in [4.69, 9.17) is 0 Å². The smallest absolute Gasteiger partial charge is 0.285 e. The lowest BCUT2D eigenvalue weighted by Gasteiger charge is -2.07. The SMILES string of the molecule is O=C(NCc1ccccc1)c1ccc[nH+]c1NCc1ccccc1. The minimum atomic E-state index is -0.105. The van der Waals surface area contributed by atoms with Crippen molar-refractivity contribution in [2.24, 2.45) is 0 Å². The molecule has 1 aromatic heterocycles. The van der Waals surface area contributed by atoms with E-state index in [-0.39, 0.29) is 5.91 Å². The molecule has 0 fully saturated rings. The highest BCUT2D eigenvalue weighted by Crippen LogP contribution is 2.10. The Labute approximate surface area is 141 Å². The Balaban J connectivity index is 1.65. The van der Waals surface area contributed by atoms with Crippen LogP contribution in [-0.2, 0) is 13.1 Å². The van der Waals surface area contributed by atoms with Crippen LogP contribution in [0.1, 0.15) is 21.5 Å². The maximum atomic E-state index is 12.5. The normalized spacial score (nSPS) is 10.2. The van der Waals surface area contributed by atoms with Gasteiger partial charge in [0, 0.05) is 6.54 Å². The zero-order valence-electron chi connectivity index (χ0n) is 13.3. The Bertz CT molecular complexity index is 788. The summed E-state index contributed by atoms with van der Waals surface area (Å²) in [4.78, 5) is 15.6. The van der Waals surface area contributed by atoms with Gasteiger partial charge in [0.15, 0.2) is 0 Å². The summed E-state index contributed by atoms with van der Waals surface area (Å²) in [5, 5.41) is 6.25. The van der Waals surface area contributed by atoms with Gasteiger partial charge in [-0.25, -0.2) is 4.98 Å². The average molecular weight is 318 g/mol. The Morgan fingerprint density at radius 1 is 0.792 bits per heavy atom. The highest BCUT2D eigenvalue weighted by Gasteiger charge is 2.16. The number of carbonyl (C=O) groups excluding carboxylic acids is 1. The Morgan fingerprint density at radius 3 is 2.08 bits per heavy atom. The molecular weight excluding hydrogens is 298 g/mol. The van der Waals surface area contributed by atoms with Crippen molar-refractivity contribution in [3.8, 4) is 0 Å². The van der Waals surface area contributed by atoms with Gasteiger partial charge in [-0.2, -0.15) is 0 Å². The molecule has 3 aromatic rings. The van der Waals surface area contributed by atoms with Crippen LogP contribution >= 0.6 is 0 Å². The van der Waals surface area contributed by atoms with Crippen LogP contribution in [0.5, 0.6) is 0 Å². The van der Waals surface area contributed by atoms with E-state index in [2.05, 4.69) is 15.6 Å². The number of nitrogens with one attached hydrogen (secondary N) is 3. The van der Waals surface area contributed by atoms with Crippen LogP contribution < -0.4 is 15.6 Å². The number of hydrogen-bond donors (Lipinski definition) is 2. The molecule has 4 nitrogen and oxygen atoms in total. The van der Waals surface area contributed by atoms with Crippen LogP contribution in [0.15, 0.2) is 79.0 Å². The van der Waals surface area contributed by atoms with Crippen molar-refractivity contribution < 1.29 is 9.78 Å². The van der Waals surface area contributed by atoms with E-state index >= 15 is 0 Å². The summed E-state index contributed by atoms with van der Waals surface area (Å²) in [7, 11) is 0. The standard InChI is InChI=1S/C20H19N3O/c24-20(23-15-17-10-5-2-6-11-17)18-12-7-13-21-19(18)22-14-16-8-3-1-4-9-16/h1-13H,14-15H2,(H,21,22)(H,23,24)/p+1. The number of carbonyl (C=O) groups is 1. The van der Waals surface area contributed by atoms with Crippen molar-refractivity contribution in [2.45, 2.75) is 13.1 Å². The molecule has 0 aliphatic rings. The molecule has 4 heteroatoms. The number of anilines is 1. The van der Waals surface area contributed by atoms with E-state index < -0.39 is 0 Å². The second-order valence-electron chi connectivity index (χ2n) is 5.47. The van der Waals surface area contributed by atoms with Crippen LogP contribution in [0.25, 0.3) is 0 Å². The average Bonchev–Trinajstić information content (AvgIpc) is 2.66. The molecule has 2 aromatic carbocycles. The summed E-state index contributed by atoms with van der Waals surface area (Å²) < 4.78 is 0. The lowest BCUT2D eigenvalue weighted by molar-refractivity contribution is -0.361. The van der Waals surface area contributed by atoms with Gasteiger partial charge >= 0.3 is 0 Å². The molecule has 0 bridgehead atoms. The molecule has 1 heterocycles. The van der Waals surface area contributed by atoms with Crippen molar-refractivity contribution in [1.82, 2.24) is 5.32 Å². The third kappa shape index (κ3) is 4.20. The second kappa shape index (κ2) is 7.92. The number of pyridine rings is 1. The zero-order chi connectivity index (χ0) is 16.6. The Hall–Kier alpha value is -3.14. The highest BCUT2D eigenvalue weighted by atomic mass is 16.1.